The van der Waals surface area contributed by atoms with E-state index in [1.807, 2.05) is 37.3 Å². The number of aromatic amines is 1. The Bertz CT molecular complexity index is 918. The standard InChI is InChI=1S/C19H23N5O3/c1-4-27-17-13-11-20-15(10-14(13)23-24-17)21-18(25)22-16(19(2,3)26)12-8-6-5-7-9-12/h5-11,16,26H,4H2,1-3H3,(H,23,24)(H2,20,21,22,25). The van der Waals surface area contributed by atoms with E-state index >= 15 is 0 Å². The highest BCUT2D eigenvalue weighted by Gasteiger charge is 2.30. The van der Waals surface area contributed by atoms with Crippen LogP contribution in [0.15, 0.2) is 42.6 Å². The summed E-state index contributed by atoms with van der Waals surface area (Å²) in [5.74, 6) is 0.830. The Balaban J connectivity index is 1.75. The second-order valence-electron chi connectivity index (χ2n) is 6.67. The van der Waals surface area contributed by atoms with Crippen LogP contribution >= 0.6 is 0 Å². The Labute approximate surface area is 157 Å². The largest absolute Gasteiger partial charge is 0.476 e. The number of urea groups is 1. The van der Waals surface area contributed by atoms with Crippen LogP contribution in [0.1, 0.15) is 32.4 Å². The molecule has 0 aliphatic rings. The van der Waals surface area contributed by atoms with Crippen molar-refractivity contribution in [1.82, 2.24) is 20.5 Å². The van der Waals surface area contributed by atoms with Crippen molar-refractivity contribution in [2.24, 2.45) is 0 Å². The topological polar surface area (TPSA) is 112 Å². The molecule has 27 heavy (non-hydrogen) atoms. The SMILES string of the molecule is CCOc1n[nH]c2cc(NC(=O)NC(c3ccccc3)C(C)(C)O)ncc12. The van der Waals surface area contributed by atoms with Crippen molar-refractivity contribution in [2.75, 3.05) is 11.9 Å². The van der Waals surface area contributed by atoms with Crippen molar-refractivity contribution >= 4 is 22.8 Å². The highest BCUT2D eigenvalue weighted by Crippen LogP contribution is 2.26. The van der Waals surface area contributed by atoms with Crippen LogP contribution in [0.5, 0.6) is 5.88 Å². The average molecular weight is 369 g/mol. The number of hydrogen-bond acceptors (Lipinski definition) is 5. The van der Waals surface area contributed by atoms with Gasteiger partial charge in [0, 0.05) is 12.3 Å². The van der Waals surface area contributed by atoms with Gasteiger partial charge in [0.2, 0.25) is 5.88 Å². The number of rotatable bonds is 6. The molecule has 2 amide bonds. The number of carbonyl (C=O) groups is 1. The van der Waals surface area contributed by atoms with Crippen LogP contribution in [0.2, 0.25) is 0 Å². The minimum absolute atomic E-state index is 0.356. The summed E-state index contributed by atoms with van der Waals surface area (Å²) in [6.07, 6.45) is 1.59. The number of nitrogens with one attached hydrogen (secondary N) is 3. The maximum Gasteiger partial charge on any atom is 0.320 e. The number of fused-ring (bicyclic) bond motifs is 1. The summed E-state index contributed by atoms with van der Waals surface area (Å²) in [5, 5.41) is 23.6. The molecule has 8 nitrogen and oxygen atoms in total. The number of aliphatic hydroxyl groups is 1. The lowest BCUT2D eigenvalue weighted by Gasteiger charge is -2.30. The van der Waals surface area contributed by atoms with Gasteiger partial charge in [0.05, 0.1) is 29.2 Å². The average Bonchev–Trinajstić information content (AvgIpc) is 3.02. The van der Waals surface area contributed by atoms with E-state index in [0.29, 0.717) is 23.8 Å². The Morgan fingerprint density at radius 3 is 2.74 bits per heavy atom. The highest BCUT2D eigenvalue weighted by atomic mass is 16.5. The van der Waals surface area contributed by atoms with Crippen molar-refractivity contribution in [3.05, 3.63) is 48.2 Å². The minimum Gasteiger partial charge on any atom is -0.476 e. The molecule has 142 valence electrons. The molecule has 2 aromatic heterocycles. The van der Waals surface area contributed by atoms with Gasteiger partial charge in [-0.2, -0.15) is 0 Å². The Hall–Kier alpha value is -3.13. The predicted octanol–water partition coefficient (Wildman–Crippen LogP) is 2.99. The van der Waals surface area contributed by atoms with Crippen LogP contribution < -0.4 is 15.4 Å². The maximum absolute atomic E-state index is 12.5. The third kappa shape index (κ3) is 4.35. The molecule has 3 rings (SSSR count). The summed E-state index contributed by atoms with van der Waals surface area (Å²) in [5.41, 5.74) is 0.357. The molecule has 0 aliphatic heterocycles. The number of carbonyl (C=O) groups excluding carboxylic acids is 1. The van der Waals surface area contributed by atoms with Crippen LogP contribution in [0.3, 0.4) is 0 Å². The van der Waals surface area contributed by atoms with Crippen LogP contribution in [-0.2, 0) is 0 Å². The zero-order chi connectivity index (χ0) is 19.4. The normalized spacial score (nSPS) is 12.6. The van der Waals surface area contributed by atoms with E-state index in [1.165, 1.54) is 0 Å². The van der Waals surface area contributed by atoms with Gasteiger partial charge in [-0.25, -0.2) is 9.78 Å². The maximum atomic E-state index is 12.5. The smallest absolute Gasteiger partial charge is 0.320 e. The lowest BCUT2D eigenvalue weighted by atomic mass is 9.92. The van der Waals surface area contributed by atoms with Crippen molar-refractivity contribution < 1.29 is 14.6 Å². The molecule has 3 aromatic rings. The fourth-order valence-electron chi connectivity index (χ4n) is 2.80. The molecule has 8 heteroatoms. The predicted molar refractivity (Wildman–Crippen MR) is 103 cm³/mol. The monoisotopic (exact) mass is 369 g/mol. The van der Waals surface area contributed by atoms with Gasteiger partial charge < -0.3 is 15.2 Å². The Morgan fingerprint density at radius 1 is 1.33 bits per heavy atom. The third-order valence-electron chi connectivity index (χ3n) is 4.05. The minimum atomic E-state index is -1.15. The lowest BCUT2D eigenvalue weighted by molar-refractivity contribution is 0.0415. The van der Waals surface area contributed by atoms with Gasteiger partial charge in [-0.05, 0) is 26.3 Å². The molecule has 4 N–H and O–H groups in total. The third-order valence-corrected chi connectivity index (χ3v) is 4.05. The van der Waals surface area contributed by atoms with E-state index in [9.17, 15) is 9.90 Å². The number of ether oxygens (including phenoxy) is 1. The molecule has 0 saturated heterocycles. The van der Waals surface area contributed by atoms with Gasteiger partial charge in [-0.1, -0.05) is 30.3 Å². The van der Waals surface area contributed by atoms with Gasteiger partial charge in [0.15, 0.2) is 0 Å². The fraction of sp³-hybridized carbons (Fsp3) is 0.316. The van der Waals surface area contributed by atoms with E-state index in [-0.39, 0.29) is 0 Å². The fourth-order valence-corrected chi connectivity index (χ4v) is 2.80. The van der Waals surface area contributed by atoms with E-state index < -0.39 is 17.7 Å². The summed E-state index contributed by atoms with van der Waals surface area (Å²) >= 11 is 0. The number of pyridine rings is 1. The van der Waals surface area contributed by atoms with Crippen LogP contribution in [0.4, 0.5) is 10.6 Å². The zero-order valence-corrected chi connectivity index (χ0v) is 15.5. The first-order chi connectivity index (χ1) is 12.9. The summed E-state index contributed by atoms with van der Waals surface area (Å²) in [6.45, 7) is 5.67. The summed E-state index contributed by atoms with van der Waals surface area (Å²) in [6, 6.07) is 9.92. The first kappa shape index (κ1) is 18.7. The first-order valence-corrected chi connectivity index (χ1v) is 8.70. The molecular weight excluding hydrogens is 346 g/mol. The molecule has 1 unspecified atom stereocenters. The first-order valence-electron chi connectivity index (χ1n) is 8.70. The second-order valence-corrected chi connectivity index (χ2v) is 6.67. The van der Waals surface area contributed by atoms with Crippen molar-refractivity contribution in [2.45, 2.75) is 32.4 Å². The molecular formula is C19H23N5O3. The molecule has 2 heterocycles. The molecule has 1 aromatic carbocycles. The Kier molecular flexibility index (Phi) is 5.27. The molecule has 0 saturated carbocycles. The van der Waals surface area contributed by atoms with Gasteiger partial charge in [0.1, 0.15) is 5.82 Å². The van der Waals surface area contributed by atoms with Gasteiger partial charge in [-0.15, -0.1) is 5.10 Å². The van der Waals surface area contributed by atoms with Gasteiger partial charge in [-0.3, -0.25) is 10.4 Å². The zero-order valence-electron chi connectivity index (χ0n) is 15.5. The van der Waals surface area contributed by atoms with E-state index in [2.05, 4.69) is 25.8 Å². The van der Waals surface area contributed by atoms with Crippen molar-refractivity contribution in [3.8, 4) is 5.88 Å². The van der Waals surface area contributed by atoms with Crippen LogP contribution in [0.25, 0.3) is 10.9 Å². The second kappa shape index (κ2) is 7.63. The lowest BCUT2D eigenvalue weighted by Crippen LogP contribution is -2.43. The van der Waals surface area contributed by atoms with Crippen LogP contribution in [0, 0.1) is 0 Å². The molecule has 0 bridgehead atoms. The van der Waals surface area contributed by atoms with Crippen molar-refractivity contribution in [1.29, 1.82) is 0 Å². The number of aromatic nitrogens is 3. The van der Waals surface area contributed by atoms with E-state index in [1.54, 1.807) is 26.1 Å². The van der Waals surface area contributed by atoms with E-state index in [0.717, 1.165) is 10.9 Å². The summed E-state index contributed by atoms with van der Waals surface area (Å²) in [4.78, 5) is 16.7. The molecule has 0 spiro atoms. The molecule has 0 aliphatic carbocycles. The van der Waals surface area contributed by atoms with Gasteiger partial charge >= 0.3 is 6.03 Å². The number of anilines is 1. The highest BCUT2D eigenvalue weighted by molar-refractivity contribution is 5.92. The summed E-state index contributed by atoms with van der Waals surface area (Å²) in [7, 11) is 0. The van der Waals surface area contributed by atoms with E-state index in [4.69, 9.17) is 4.74 Å². The number of benzene rings is 1. The molecule has 0 radical (unpaired) electrons. The van der Waals surface area contributed by atoms with Gasteiger partial charge in [0.25, 0.3) is 0 Å². The number of H-pyrrole nitrogens is 1. The van der Waals surface area contributed by atoms with Crippen LogP contribution in [-0.4, -0.2) is 38.5 Å². The van der Waals surface area contributed by atoms with Crippen molar-refractivity contribution in [3.63, 3.8) is 0 Å². The Morgan fingerprint density at radius 2 is 2.07 bits per heavy atom. The number of amides is 2. The summed E-state index contributed by atoms with van der Waals surface area (Å²) < 4.78 is 5.41. The molecule has 0 fully saturated rings. The quantitative estimate of drug-likeness (QED) is 0.534. The number of nitrogens with zero attached hydrogens (tertiary/aromatic N) is 2. The molecule has 1 atom stereocenters. The number of hydrogen-bond donors (Lipinski definition) is 4.